The summed E-state index contributed by atoms with van der Waals surface area (Å²) in [7, 11) is 0. The zero-order valence-electron chi connectivity index (χ0n) is 27.6. The van der Waals surface area contributed by atoms with Crippen molar-refractivity contribution in [2.75, 3.05) is 13.1 Å². The lowest BCUT2D eigenvalue weighted by molar-refractivity contribution is -0.174. The lowest BCUT2D eigenvalue weighted by Gasteiger charge is -2.71. The van der Waals surface area contributed by atoms with Crippen molar-refractivity contribution in [2.24, 2.45) is 33.5 Å². The van der Waals surface area contributed by atoms with Gasteiger partial charge < -0.3 is 20.4 Å². The van der Waals surface area contributed by atoms with Gasteiger partial charge in [-0.25, -0.2) is 4.79 Å². The predicted octanol–water partition coefficient (Wildman–Crippen LogP) is 7.51. The summed E-state index contributed by atoms with van der Waals surface area (Å²) in [5, 5.41) is 27.8. The van der Waals surface area contributed by atoms with E-state index in [4.69, 9.17) is 0 Å². The number of nitrogens with zero attached hydrogens (tertiary/aromatic N) is 1. The quantitative estimate of drug-likeness (QED) is 0.218. The fraction of sp³-hybridized carbons (Fsp3) is 0.632. The van der Waals surface area contributed by atoms with Crippen LogP contribution in [0.25, 0.3) is 10.1 Å². The third-order valence-corrected chi connectivity index (χ3v) is 14.4. The number of carbonyl (C=O) groups excluding carboxylic acids is 2. The molecule has 1 aromatic carbocycles. The lowest BCUT2D eigenvalue weighted by Crippen LogP contribution is -2.67. The van der Waals surface area contributed by atoms with Crippen LogP contribution in [0.15, 0.2) is 54.1 Å². The van der Waals surface area contributed by atoms with Crippen LogP contribution in [0.1, 0.15) is 95.7 Å². The largest absolute Gasteiger partial charge is 0.393 e. The van der Waals surface area contributed by atoms with Gasteiger partial charge in [0.25, 0.3) is 0 Å². The van der Waals surface area contributed by atoms with Gasteiger partial charge in [-0.1, -0.05) is 57.2 Å². The van der Waals surface area contributed by atoms with Crippen LogP contribution in [0.3, 0.4) is 0 Å². The van der Waals surface area contributed by atoms with Crippen LogP contribution in [0.4, 0.5) is 4.79 Å². The molecule has 0 aliphatic heterocycles. The second-order valence-electron chi connectivity index (χ2n) is 15.8. The predicted molar refractivity (Wildman–Crippen MR) is 180 cm³/mol. The van der Waals surface area contributed by atoms with Crippen molar-refractivity contribution in [3.05, 3.63) is 59.0 Å². The normalized spacial score (nSPS) is 39.7. The number of thiophene rings is 1. The molecule has 6 aliphatic rings. The zero-order chi connectivity index (χ0) is 32.0. The number of hydrogen-bond acceptors (Lipinski definition) is 5. The Kier molecular flexibility index (Phi) is 7.28. The Hall–Kier alpha value is -2.48. The summed E-state index contributed by atoms with van der Waals surface area (Å²) in [6.45, 7) is 11.6. The molecule has 7 heteroatoms. The van der Waals surface area contributed by atoms with Gasteiger partial charge >= 0.3 is 6.03 Å². The molecule has 242 valence electrons. The number of Topliss-reactive ketones (excluding diaryl/α,β-unsaturated/α-hetero) is 1. The summed E-state index contributed by atoms with van der Waals surface area (Å²) in [5.74, 6) is 0.418. The molecule has 8 rings (SSSR count). The van der Waals surface area contributed by atoms with E-state index in [9.17, 15) is 19.8 Å². The fourth-order valence-electron chi connectivity index (χ4n) is 11.0. The molecule has 8 unspecified atom stereocenters. The number of urea groups is 1. The number of nitrogens with one attached hydrogen (secondary N) is 1. The molecule has 3 fully saturated rings. The van der Waals surface area contributed by atoms with Gasteiger partial charge in [-0.15, -0.1) is 11.3 Å². The van der Waals surface area contributed by atoms with E-state index in [0.717, 1.165) is 59.1 Å². The number of rotatable bonds is 7. The van der Waals surface area contributed by atoms with E-state index in [2.05, 4.69) is 62.5 Å². The van der Waals surface area contributed by atoms with Crippen LogP contribution < -0.4 is 5.32 Å². The number of hydrogen-bond donors (Lipinski definition) is 3. The first-order chi connectivity index (χ1) is 21.3. The Morgan fingerprint density at radius 2 is 1.76 bits per heavy atom. The molecule has 2 bridgehead atoms. The third kappa shape index (κ3) is 4.25. The van der Waals surface area contributed by atoms with E-state index >= 15 is 0 Å². The molecule has 3 saturated carbocycles. The fourth-order valence-corrected chi connectivity index (χ4v) is 12.0. The number of allylic oxidation sites excluding steroid dienone is 4. The number of ketones is 1. The van der Waals surface area contributed by atoms with Crippen molar-refractivity contribution < 1.29 is 19.8 Å². The van der Waals surface area contributed by atoms with Gasteiger partial charge in [0.2, 0.25) is 0 Å². The van der Waals surface area contributed by atoms with E-state index in [0.29, 0.717) is 25.9 Å². The van der Waals surface area contributed by atoms with Crippen LogP contribution in [0.5, 0.6) is 0 Å². The molecule has 2 spiro atoms. The van der Waals surface area contributed by atoms with Gasteiger partial charge in [-0.05, 0) is 100.0 Å². The molecule has 3 N–H and O–H groups in total. The standard InChI is InChI=1S/C38H50N2O4S/c1-6-19-40(33(43)39-24(2)3)23-37(44)16-13-31-35(37,5)15-12-30-34(4)14-11-26(41)21-36(34)17-18-38(30,31)27(22-36)32(42)29-20-25-9-7-8-10-28(25)45-29/h7-10,17-18,20,22,24,26,30-31,41,44H,6,11-16,19,21,23H2,1-5H3,(H,39,43). The molecule has 8 atom stereocenters. The molecular weight excluding hydrogens is 580 g/mol. The summed E-state index contributed by atoms with van der Waals surface area (Å²) in [4.78, 5) is 30.8. The van der Waals surface area contributed by atoms with Crippen molar-refractivity contribution in [3.8, 4) is 0 Å². The second-order valence-corrected chi connectivity index (χ2v) is 16.9. The lowest BCUT2D eigenvalue weighted by atomic mass is 9.32. The average molecular weight is 631 g/mol. The SMILES string of the molecule is CCCN(CC1(O)CCC2C34C=CC5(C=C3C(=O)c3cc6ccccc6s3)CC(O)CCC5(C)C4CCC21C)C(=O)NC(C)C. The maximum atomic E-state index is 14.9. The van der Waals surface area contributed by atoms with E-state index < -0.39 is 16.4 Å². The molecule has 0 radical (unpaired) electrons. The Balaban J connectivity index is 1.34. The smallest absolute Gasteiger partial charge is 0.317 e. The summed E-state index contributed by atoms with van der Waals surface area (Å²) >= 11 is 1.57. The molecule has 2 amide bonds. The maximum absolute atomic E-state index is 14.9. The van der Waals surface area contributed by atoms with Crippen LogP contribution in [-0.4, -0.2) is 57.8 Å². The Morgan fingerprint density at radius 1 is 1.04 bits per heavy atom. The Labute approximate surface area is 272 Å². The van der Waals surface area contributed by atoms with Crippen molar-refractivity contribution >= 4 is 33.2 Å². The van der Waals surface area contributed by atoms with E-state index in [1.165, 1.54) is 0 Å². The highest BCUT2D eigenvalue weighted by Gasteiger charge is 2.74. The van der Waals surface area contributed by atoms with Gasteiger partial charge in [0.05, 0.1) is 23.1 Å². The van der Waals surface area contributed by atoms with Gasteiger partial charge in [-0.3, -0.25) is 4.79 Å². The number of aliphatic hydroxyl groups is 2. The zero-order valence-corrected chi connectivity index (χ0v) is 28.4. The number of aliphatic hydroxyl groups excluding tert-OH is 1. The summed E-state index contributed by atoms with van der Waals surface area (Å²) in [5.41, 5.74) is -1.57. The van der Waals surface area contributed by atoms with E-state index in [1.807, 2.05) is 30.9 Å². The minimum Gasteiger partial charge on any atom is -0.393 e. The topological polar surface area (TPSA) is 89.9 Å². The van der Waals surface area contributed by atoms with Gasteiger partial charge in [0.1, 0.15) is 0 Å². The summed E-state index contributed by atoms with van der Waals surface area (Å²) in [6, 6.07) is 10.2. The van der Waals surface area contributed by atoms with E-state index in [-0.39, 0.29) is 46.6 Å². The molecule has 6 nitrogen and oxygen atoms in total. The Morgan fingerprint density at radius 3 is 2.49 bits per heavy atom. The highest BCUT2D eigenvalue weighted by molar-refractivity contribution is 7.21. The third-order valence-electron chi connectivity index (χ3n) is 13.3. The van der Waals surface area contributed by atoms with Crippen molar-refractivity contribution in [1.82, 2.24) is 10.2 Å². The van der Waals surface area contributed by atoms with Crippen molar-refractivity contribution in [1.29, 1.82) is 0 Å². The second kappa shape index (κ2) is 10.5. The van der Waals surface area contributed by atoms with Crippen LogP contribution in [0.2, 0.25) is 0 Å². The molecule has 1 heterocycles. The van der Waals surface area contributed by atoms with Crippen molar-refractivity contribution in [2.45, 2.75) is 104 Å². The first kappa shape index (κ1) is 31.1. The highest BCUT2D eigenvalue weighted by atomic mass is 32.1. The molecule has 0 saturated heterocycles. The van der Waals surface area contributed by atoms with E-state index in [1.54, 1.807) is 11.3 Å². The molecule has 1 aromatic heterocycles. The molecule has 6 aliphatic carbocycles. The average Bonchev–Trinajstić information content (AvgIpc) is 3.54. The molecular formula is C38H50N2O4S. The molecule has 2 aromatic rings. The minimum atomic E-state index is -1.06. The van der Waals surface area contributed by atoms with Crippen LogP contribution in [-0.2, 0) is 0 Å². The Bertz CT molecular complexity index is 1560. The number of benzene rings is 1. The molecule has 45 heavy (non-hydrogen) atoms. The highest BCUT2D eigenvalue weighted by Crippen LogP contribution is 2.78. The van der Waals surface area contributed by atoms with Gasteiger partial charge in [0, 0.05) is 39.1 Å². The van der Waals surface area contributed by atoms with Gasteiger partial charge in [-0.2, -0.15) is 0 Å². The maximum Gasteiger partial charge on any atom is 0.317 e. The number of carbonyl (C=O) groups is 2. The minimum absolute atomic E-state index is 0.0185. The monoisotopic (exact) mass is 630 g/mol. The number of fused-ring (bicyclic) bond motifs is 2. The van der Waals surface area contributed by atoms with Crippen molar-refractivity contribution in [3.63, 3.8) is 0 Å². The first-order valence-corrected chi connectivity index (χ1v) is 18.1. The first-order valence-electron chi connectivity index (χ1n) is 17.3. The van der Waals surface area contributed by atoms with Crippen LogP contribution in [0, 0.1) is 33.5 Å². The summed E-state index contributed by atoms with van der Waals surface area (Å²) in [6.07, 6.45) is 13.0. The van der Waals surface area contributed by atoms with Gasteiger partial charge in [0.15, 0.2) is 5.78 Å². The van der Waals surface area contributed by atoms with Crippen LogP contribution >= 0.6 is 11.3 Å². The summed E-state index contributed by atoms with van der Waals surface area (Å²) < 4.78 is 1.11. The number of amides is 2.